The van der Waals surface area contributed by atoms with E-state index < -0.39 is 0 Å². The molecule has 0 aliphatic heterocycles. The van der Waals surface area contributed by atoms with Crippen molar-refractivity contribution in [3.05, 3.63) is 42.1 Å². The highest BCUT2D eigenvalue weighted by molar-refractivity contribution is 5.78. The molecule has 1 heterocycles. The average Bonchev–Trinajstić information content (AvgIpc) is 2.95. The first-order valence-corrected chi connectivity index (χ1v) is 7.48. The Balaban J connectivity index is 1.57. The molecule has 2 unspecified atom stereocenters. The van der Waals surface area contributed by atoms with Gasteiger partial charge in [0.25, 0.3) is 0 Å². The molecular weight excluding hydrogens is 248 g/mol. The summed E-state index contributed by atoms with van der Waals surface area (Å²) >= 11 is 0. The summed E-state index contributed by atoms with van der Waals surface area (Å²) in [4.78, 5) is 4.33. The van der Waals surface area contributed by atoms with Crippen molar-refractivity contribution in [3.63, 3.8) is 0 Å². The third-order valence-electron chi connectivity index (χ3n) is 4.39. The van der Waals surface area contributed by atoms with Crippen LogP contribution < -0.4 is 5.73 Å². The topological polar surface area (TPSA) is 48.1 Å². The molecule has 0 radical (unpaired) electrons. The largest absolute Gasteiger partial charge is 0.376 e. The van der Waals surface area contributed by atoms with Crippen molar-refractivity contribution in [1.29, 1.82) is 0 Å². The highest BCUT2D eigenvalue weighted by Gasteiger charge is 2.25. The van der Waals surface area contributed by atoms with Crippen LogP contribution in [0.25, 0.3) is 10.9 Å². The Kier molecular flexibility index (Phi) is 4.28. The Morgan fingerprint density at radius 1 is 1.20 bits per heavy atom. The highest BCUT2D eigenvalue weighted by Crippen LogP contribution is 2.31. The number of hydrogen-bond donors (Lipinski definition) is 1. The molecule has 2 atom stereocenters. The van der Waals surface area contributed by atoms with E-state index in [0.29, 0.717) is 18.4 Å². The van der Waals surface area contributed by atoms with Gasteiger partial charge in [-0.2, -0.15) is 0 Å². The molecule has 1 aromatic carbocycles. The first-order chi connectivity index (χ1) is 9.86. The van der Waals surface area contributed by atoms with Crippen LogP contribution in [0.1, 0.15) is 24.8 Å². The molecule has 106 valence electrons. The normalized spacial score (nSPS) is 22.4. The van der Waals surface area contributed by atoms with Crippen LogP contribution in [0.4, 0.5) is 0 Å². The lowest BCUT2D eigenvalue weighted by Gasteiger charge is -2.17. The molecule has 2 N–H and O–H groups in total. The van der Waals surface area contributed by atoms with Gasteiger partial charge in [-0.3, -0.25) is 4.98 Å². The lowest BCUT2D eigenvalue weighted by Crippen LogP contribution is -2.22. The fraction of sp³-hybridized carbons (Fsp3) is 0.471. The van der Waals surface area contributed by atoms with Crippen LogP contribution >= 0.6 is 0 Å². The van der Waals surface area contributed by atoms with Crippen molar-refractivity contribution >= 4 is 10.9 Å². The van der Waals surface area contributed by atoms with Gasteiger partial charge in [-0.1, -0.05) is 18.6 Å². The zero-order chi connectivity index (χ0) is 13.8. The summed E-state index contributed by atoms with van der Waals surface area (Å²) in [6, 6.07) is 10.4. The molecular formula is C17H22N2O. The molecule has 1 aliphatic rings. The Hall–Kier alpha value is -1.45. The molecule has 2 aromatic rings. The second-order valence-electron chi connectivity index (χ2n) is 5.73. The Bertz CT molecular complexity index is 570. The molecule has 1 aromatic heterocycles. The van der Waals surface area contributed by atoms with Gasteiger partial charge in [-0.15, -0.1) is 0 Å². The summed E-state index contributed by atoms with van der Waals surface area (Å²) in [6.45, 7) is 2.32. The average molecular weight is 270 g/mol. The summed E-state index contributed by atoms with van der Waals surface area (Å²) < 4.78 is 5.91. The number of benzene rings is 1. The van der Waals surface area contributed by atoms with Crippen LogP contribution in [0.15, 0.2) is 36.5 Å². The van der Waals surface area contributed by atoms with Gasteiger partial charge in [-0.05, 0) is 55.0 Å². The first kappa shape index (κ1) is 13.5. The lowest BCUT2D eigenvalue weighted by atomic mass is 9.97. The summed E-state index contributed by atoms with van der Waals surface area (Å²) in [5, 5.41) is 1.18. The third-order valence-corrected chi connectivity index (χ3v) is 4.39. The minimum absolute atomic E-state index is 0.655. The van der Waals surface area contributed by atoms with E-state index >= 15 is 0 Å². The van der Waals surface area contributed by atoms with Gasteiger partial charge in [0.1, 0.15) is 0 Å². The molecule has 0 amide bonds. The van der Waals surface area contributed by atoms with Crippen molar-refractivity contribution in [3.8, 4) is 0 Å². The SMILES string of the molecule is NCC1CCCC1COCc1ccc2ncccc2c1. The number of pyridine rings is 1. The van der Waals surface area contributed by atoms with Gasteiger partial charge in [0.2, 0.25) is 0 Å². The van der Waals surface area contributed by atoms with E-state index in [1.807, 2.05) is 12.3 Å². The molecule has 3 rings (SSSR count). The zero-order valence-electron chi connectivity index (χ0n) is 11.8. The van der Waals surface area contributed by atoms with Crippen molar-refractivity contribution in [2.75, 3.05) is 13.2 Å². The van der Waals surface area contributed by atoms with E-state index in [0.717, 1.165) is 18.7 Å². The monoisotopic (exact) mass is 270 g/mol. The Labute approximate surface area is 120 Å². The van der Waals surface area contributed by atoms with E-state index in [9.17, 15) is 0 Å². The molecule has 0 spiro atoms. The van der Waals surface area contributed by atoms with E-state index in [1.165, 1.54) is 30.2 Å². The van der Waals surface area contributed by atoms with Crippen molar-refractivity contribution < 1.29 is 4.74 Å². The third kappa shape index (κ3) is 3.00. The predicted octanol–water partition coefficient (Wildman–Crippen LogP) is 3.13. The lowest BCUT2D eigenvalue weighted by molar-refractivity contribution is 0.0754. The fourth-order valence-electron chi connectivity index (χ4n) is 3.19. The molecule has 3 heteroatoms. The van der Waals surface area contributed by atoms with Crippen LogP contribution in [0.2, 0.25) is 0 Å². The maximum Gasteiger partial charge on any atom is 0.0717 e. The molecule has 1 fully saturated rings. The van der Waals surface area contributed by atoms with Gasteiger partial charge in [-0.25, -0.2) is 0 Å². The second kappa shape index (κ2) is 6.33. The number of aromatic nitrogens is 1. The summed E-state index contributed by atoms with van der Waals surface area (Å²) in [6.07, 6.45) is 5.67. The zero-order valence-corrected chi connectivity index (χ0v) is 11.8. The fourth-order valence-corrected chi connectivity index (χ4v) is 3.19. The molecule has 1 aliphatic carbocycles. The molecule has 3 nitrogen and oxygen atoms in total. The number of rotatable bonds is 5. The van der Waals surface area contributed by atoms with E-state index in [4.69, 9.17) is 10.5 Å². The first-order valence-electron chi connectivity index (χ1n) is 7.48. The van der Waals surface area contributed by atoms with E-state index in [1.54, 1.807) is 0 Å². The van der Waals surface area contributed by atoms with Gasteiger partial charge < -0.3 is 10.5 Å². The molecule has 0 saturated heterocycles. The van der Waals surface area contributed by atoms with Gasteiger partial charge in [0.15, 0.2) is 0 Å². The maximum atomic E-state index is 5.91. The quantitative estimate of drug-likeness (QED) is 0.908. The van der Waals surface area contributed by atoms with E-state index in [-0.39, 0.29) is 0 Å². The molecule has 0 bridgehead atoms. The molecule has 1 saturated carbocycles. The standard InChI is InChI=1S/C17H22N2O/c18-10-15-3-1-4-16(15)12-20-11-13-6-7-17-14(9-13)5-2-8-19-17/h2,5-9,15-16H,1,3-4,10-12,18H2. The summed E-state index contributed by atoms with van der Waals surface area (Å²) in [5.74, 6) is 1.32. The van der Waals surface area contributed by atoms with Crippen LogP contribution in [0.5, 0.6) is 0 Å². The number of nitrogens with zero attached hydrogens (tertiary/aromatic N) is 1. The highest BCUT2D eigenvalue weighted by atomic mass is 16.5. The van der Waals surface area contributed by atoms with Crippen molar-refractivity contribution in [2.45, 2.75) is 25.9 Å². The van der Waals surface area contributed by atoms with Gasteiger partial charge in [0, 0.05) is 11.6 Å². The number of ether oxygens (including phenoxy) is 1. The maximum absolute atomic E-state index is 5.91. The molecule has 20 heavy (non-hydrogen) atoms. The number of nitrogens with two attached hydrogens (primary N) is 1. The van der Waals surface area contributed by atoms with Crippen molar-refractivity contribution in [2.24, 2.45) is 17.6 Å². The van der Waals surface area contributed by atoms with Crippen LogP contribution in [0.3, 0.4) is 0 Å². The number of fused-ring (bicyclic) bond motifs is 1. The smallest absolute Gasteiger partial charge is 0.0717 e. The van der Waals surface area contributed by atoms with E-state index in [2.05, 4.69) is 29.2 Å². The van der Waals surface area contributed by atoms with Crippen molar-refractivity contribution in [1.82, 2.24) is 4.98 Å². The number of hydrogen-bond acceptors (Lipinski definition) is 3. The predicted molar refractivity (Wildman–Crippen MR) is 81.3 cm³/mol. The minimum Gasteiger partial charge on any atom is -0.376 e. The van der Waals surface area contributed by atoms with Crippen LogP contribution in [-0.4, -0.2) is 18.1 Å². The summed E-state index contributed by atoms with van der Waals surface area (Å²) in [5.41, 5.74) is 8.06. The summed E-state index contributed by atoms with van der Waals surface area (Å²) in [7, 11) is 0. The van der Waals surface area contributed by atoms with Gasteiger partial charge >= 0.3 is 0 Å². The Morgan fingerprint density at radius 3 is 3.00 bits per heavy atom. The second-order valence-corrected chi connectivity index (χ2v) is 5.73. The van der Waals surface area contributed by atoms with Crippen LogP contribution in [0, 0.1) is 11.8 Å². The van der Waals surface area contributed by atoms with Gasteiger partial charge in [0.05, 0.1) is 18.7 Å². The Morgan fingerprint density at radius 2 is 2.10 bits per heavy atom. The van der Waals surface area contributed by atoms with Crippen LogP contribution in [-0.2, 0) is 11.3 Å². The minimum atomic E-state index is 0.655.